The number of hydrogen-bond acceptors (Lipinski definition) is 3. The third-order valence-electron chi connectivity index (χ3n) is 4.10. The Morgan fingerprint density at radius 3 is 1.93 bits per heavy atom. The third-order valence-corrected chi connectivity index (χ3v) is 4.91. The maximum Gasteiger partial charge on any atom is 0.416 e. The van der Waals surface area contributed by atoms with E-state index in [4.69, 9.17) is 4.74 Å². The fraction of sp³-hybridized carbons (Fsp3) is 0.300. The Hall–Kier alpha value is -2.36. The summed E-state index contributed by atoms with van der Waals surface area (Å²) in [4.78, 5) is 16.7. The van der Waals surface area contributed by atoms with E-state index in [2.05, 4.69) is 20.9 Å². The van der Waals surface area contributed by atoms with Crippen molar-refractivity contribution in [1.82, 2.24) is 0 Å². The zero-order chi connectivity index (χ0) is 22.6. The zero-order valence-corrected chi connectivity index (χ0v) is 17.1. The van der Waals surface area contributed by atoms with Gasteiger partial charge in [0.05, 0.1) is 17.7 Å². The van der Waals surface area contributed by atoms with Crippen LogP contribution in [0.4, 0.5) is 26.3 Å². The first-order valence-corrected chi connectivity index (χ1v) is 9.69. The Labute approximate surface area is 176 Å². The van der Waals surface area contributed by atoms with Gasteiger partial charge in [-0.2, -0.15) is 26.3 Å². The second-order valence-electron chi connectivity index (χ2n) is 6.18. The van der Waals surface area contributed by atoms with Crippen molar-refractivity contribution < 1.29 is 35.9 Å². The van der Waals surface area contributed by atoms with Crippen molar-refractivity contribution >= 4 is 28.1 Å². The summed E-state index contributed by atoms with van der Waals surface area (Å²) in [6.45, 7) is 1.58. The van der Waals surface area contributed by atoms with Gasteiger partial charge in [0, 0.05) is 11.5 Å². The lowest BCUT2D eigenvalue weighted by Crippen LogP contribution is -2.37. The molecule has 2 aromatic rings. The minimum Gasteiger partial charge on any atom is -0.464 e. The number of hydrogen-bond donors (Lipinski definition) is 0. The minimum atomic E-state index is -4.99. The van der Waals surface area contributed by atoms with Crippen LogP contribution in [0.3, 0.4) is 0 Å². The van der Waals surface area contributed by atoms with Gasteiger partial charge in [-0.3, -0.25) is 4.99 Å². The Bertz CT molecular complexity index is 879. The van der Waals surface area contributed by atoms with Crippen LogP contribution < -0.4 is 0 Å². The zero-order valence-electron chi connectivity index (χ0n) is 15.5. The Morgan fingerprint density at radius 2 is 1.50 bits per heavy atom. The van der Waals surface area contributed by atoms with E-state index in [9.17, 15) is 31.1 Å². The van der Waals surface area contributed by atoms with Crippen molar-refractivity contribution in [2.24, 2.45) is 4.99 Å². The summed E-state index contributed by atoms with van der Waals surface area (Å²) in [6, 6.07) is 9.13. The fourth-order valence-corrected chi connectivity index (χ4v) is 3.31. The van der Waals surface area contributed by atoms with E-state index in [1.165, 1.54) is 0 Å². The molecule has 0 saturated heterocycles. The smallest absolute Gasteiger partial charge is 0.416 e. The van der Waals surface area contributed by atoms with E-state index >= 15 is 0 Å². The number of ether oxygens (including phenoxy) is 1. The maximum absolute atomic E-state index is 13.1. The van der Waals surface area contributed by atoms with Crippen LogP contribution in [0.15, 0.2) is 53.5 Å². The highest BCUT2D eigenvalue weighted by atomic mass is 79.9. The molecule has 0 saturated carbocycles. The molecule has 0 aliphatic carbocycles. The average Bonchev–Trinajstić information content (AvgIpc) is 2.68. The normalized spacial score (nSPS) is 14.5. The number of aliphatic imine (C=N–C) groups is 1. The molecule has 1 unspecified atom stereocenters. The average molecular weight is 496 g/mol. The van der Waals surface area contributed by atoms with Gasteiger partial charge < -0.3 is 4.74 Å². The first kappa shape index (κ1) is 23.9. The molecule has 2 rings (SSSR count). The number of rotatable bonds is 6. The van der Waals surface area contributed by atoms with Gasteiger partial charge in [0.2, 0.25) is 0 Å². The molecule has 1 atom stereocenters. The van der Waals surface area contributed by atoms with Gasteiger partial charge in [-0.15, -0.1) is 0 Å². The lowest BCUT2D eigenvalue weighted by atomic mass is 9.92. The number of nitrogens with zero attached hydrogens (tertiary/aromatic N) is 1. The van der Waals surface area contributed by atoms with Gasteiger partial charge in [0.15, 0.2) is 5.54 Å². The summed E-state index contributed by atoms with van der Waals surface area (Å²) in [5.74, 6) is -0.799. The van der Waals surface area contributed by atoms with E-state index in [0.717, 1.165) is 6.21 Å². The molecular formula is C20H16BrF6NO2. The molecule has 162 valence electrons. The maximum atomic E-state index is 13.1. The summed E-state index contributed by atoms with van der Waals surface area (Å²) in [5.41, 5.74) is -4.73. The first-order valence-electron chi connectivity index (χ1n) is 8.57. The molecular weight excluding hydrogens is 480 g/mol. The number of benzene rings is 2. The van der Waals surface area contributed by atoms with Crippen LogP contribution in [0.5, 0.6) is 0 Å². The molecule has 30 heavy (non-hydrogen) atoms. The van der Waals surface area contributed by atoms with Gasteiger partial charge in [0.25, 0.3) is 0 Å². The number of esters is 1. The number of carbonyl (C=O) groups excluding carboxylic acids is 1. The molecule has 0 aliphatic rings. The van der Waals surface area contributed by atoms with E-state index in [-0.39, 0.29) is 18.0 Å². The van der Waals surface area contributed by atoms with Gasteiger partial charge in [-0.25, -0.2) is 4.79 Å². The van der Waals surface area contributed by atoms with Crippen LogP contribution in [-0.4, -0.2) is 24.1 Å². The molecule has 3 nitrogen and oxygen atoms in total. The number of carbonyl (C=O) groups is 1. The molecule has 0 aliphatic heterocycles. The van der Waals surface area contributed by atoms with Gasteiger partial charge in [-0.1, -0.05) is 46.3 Å². The molecule has 0 amide bonds. The van der Waals surface area contributed by atoms with Gasteiger partial charge in [0.1, 0.15) is 0 Å². The highest BCUT2D eigenvalue weighted by molar-refractivity contribution is 9.09. The SMILES string of the molecule is CCOC(=O)C(CBr)(/N=C/c1cc(C(F)(F)F)cc(C(F)(F)F)c1)c1ccccc1. The van der Waals surface area contributed by atoms with Gasteiger partial charge in [-0.05, 0) is 36.2 Å². The Balaban J connectivity index is 2.63. The molecule has 2 aromatic carbocycles. The van der Waals surface area contributed by atoms with Crippen LogP contribution >= 0.6 is 15.9 Å². The fourth-order valence-electron chi connectivity index (χ4n) is 2.61. The lowest BCUT2D eigenvalue weighted by Gasteiger charge is -2.26. The molecule has 0 aromatic heterocycles. The van der Waals surface area contributed by atoms with E-state index in [0.29, 0.717) is 17.7 Å². The van der Waals surface area contributed by atoms with Crippen molar-refractivity contribution in [1.29, 1.82) is 0 Å². The predicted molar refractivity (Wildman–Crippen MR) is 103 cm³/mol. The Morgan fingerprint density at radius 1 is 0.967 bits per heavy atom. The van der Waals surface area contributed by atoms with Crippen LogP contribution in [0.2, 0.25) is 0 Å². The largest absolute Gasteiger partial charge is 0.464 e. The van der Waals surface area contributed by atoms with Crippen LogP contribution in [-0.2, 0) is 27.4 Å². The topological polar surface area (TPSA) is 38.7 Å². The monoisotopic (exact) mass is 495 g/mol. The quantitative estimate of drug-likeness (QED) is 0.213. The standard InChI is InChI=1S/C20H16BrF6NO2/c1-2-30-17(29)18(12-21,14-6-4-3-5-7-14)28-11-13-8-15(19(22,23)24)10-16(9-13)20(25,26)27/h3-11H,2,12H2,1H3/b28-11+. The highest BCUT2D eigenvalue weighted by Crippen LogP contribution is 2.36. The summed E-state index contributed by atoms with van der Waals surface area (Å²) in [6.07, 6.45) is -9.16. The molecule has 0 bridgehead atoms. The Kier molecular flexibility index (Phi) is 7.33. The van der Waals surface area contributed by atoms with Crippen LogP contribution in [0, 0.1) is 0 Å². The molecule has 0 fully saturated rings. The number of alkyl halides is 7. The van der Waals surface area contributed by atoms with Crippen molar-refractivity contribution in [3.63, 3.8) is 0 Å². The second kappa shape index (κ2) is 9.20. The molecule has 0 heterocycles. The van der Waals surface area contributed by atoms with Crippen LogP contribution in [0.1, 0.15) is 29.2 Å². The lowest BCUT2D eigenvalue weighted by molar-refractivity contribution is -0.149. The molecule has 10 heteroatoms. The second-order valence-corrected chi connectivity index (χ2v) is 6.74. The summed E-state index contributed by atoms with van der Waals surface area (Å²) in [7, 11) is 0. The van der Waals surface area contributed by atoms with Crippen molar-refractivity contribution in [3.8, 4) is 0 Å². The van der Waals surface area contributed by atoms with E-state index in [1.807, 2.05) is 0 Å². The first-order chi connectivity index (χ1) is 13.9. The van der Waals surface area contributed by atoms with Crippen LogP contribution in [0.25, 0.3) is 0 Å². The summed E-state index contributed by atoms with van der Waals surface area (Å²) in [5, 5.41) is -0.107. The molecule has 0 N–H and O–H groups in total. The summed E-state index contributed by atoms with van der Waals surface area (Å²) >= 11 is 3.17. The van der Waals surface area contributed by atoms with Crippen molar-refractivity contribution in [3.05, 3.63) is 70.8 Å². The predicted octanol–water partition coefficient (Wildman–Crippen LogP) is 6.00. The molecule has 0 radical (unpaired) electrons. The minimum absolute atomic E-state index is 0.0116. The molecule has 0 spiro atoms. The van der Waals surface area contributed by atoms with Gasteiger partial charge >= 0.3 is 18.3 Å². The van der Waals surface area contributed by atoms with Crippen molar-refractivity contribution in [2.75, 3.05) is 11.9 Å². The number of halogens is 7. The third kappa shape index (κ3) is 5.41. The summed E-state index contributed by atoms with van der Waals surface area (Å²) < 4.78 is 83.5. The van der Waals surface area contributed by atoms with E-state index < -0.39 is 40.6 Å². The highest BCUT2D eigenvalue weighted by Gasteiger charge is 2.41. The van der Waals surface area contributed by atoms with Crippen molar-refractivity contribution in [2.45, 2.75) is 24.8 Å². The van der Waals surface area contributed by atoms with E-state index in [1.54, 1.807) is 37.3 Å².